The van der Waals surface area contributed by atoms with Gasteiger partial charge in [0, 0.05) is 24.8 Å². The Hall–Kier alpha value is -1.62. The lowest BCUT2D eigenvalue weighted by Crippen LogP contribution is -2.43. The topological polar surface area (TPSA) is 65.2 Å². The number of aryl methyl sites for hydroxylation is 2. The van der Waals surface area contributed by atoms with E-state index in [1.165, 1.54) is 19.3 Å². The smallest absolute Gasteiger partial charge is 0.261 e. The molecule has 0 radical (unpaired) electrons. The van der Waals surface area contributed by atoms with E-state index in [0.29, 0.717) is 12.6 Å². The molecule has 1 fully saturated rings. The lowest BCUT2D eigenvalue weighted by molar-refractivity contribution is 0.0937. The summed E-state index contributed by atoms with van der Waals surface area (Å²) in [6.07, 6.45) is 6.70. The van der Waals surface area contributed by atoms with Crippen LogP contribution in [0.1, 0.15) is 54.2 Å². The van der Waals surface area contributed by atoms with E-state index in [-0.39, 0.29) is 17.0 Å². The molecular weight excluding hydrogens is 278 g/mol. The molecule has 0 bridgehead atoms. The Labute approximate surface area is 131 Å². The van der Waals surface area contributed by atoms with Crippen LogP contribution in [0.3, 0.4) is 0 Å². The maximum atomic E-state index is 12.2. The maximum absolute atomic E-state index is 12.2. The molecule has 5 nitrogen and oxygen atoms in total. The second-order valence-electron chi connectivity index (χ2n) is 6.51. The van der Waals surface area contributed by atoms with Crippen molar-refractivity contribution in [1.82, 2.24) is 15.2 Å². The summed E-state index contributed by atoms with van der Waals surface area (Å²) < 4.78 is 0. The third kappa shape index (κ3) is 3.24. The van der Waals surface area contributed by atoms with Crippen molar-refractivity contribution in [1.29, 1.82) is 0 Å². The van der Waals surface area contributed by atoms with Crippen LogP contribution >= 0.6 is 0 Å². The first-order valence-corrected chi connectivity index (χ1v) is 8.42. The molecule has 120 valence electrons. The molecule has 1 atom stereocenters. The molecule has 1 unspecified atom stereocenters. The zero-order valence-electron chi connectivity index (χ0n) is 13.3. The van der Waals surface area contributed by atoms with Gasteiger partial charge in [-0.05, 0) is 57.2 Å². The Bertz CT molecular complexity index is 608. The monoisotopic (exact) mass is 303 g/mol. The SMILES string of the molecule is CC1CCCCN1CCNC(=O)c1cc2c([nH]c1=O)CCC2. The molecule has 2 aliphatic rings. The Morgan fingerprint density at radius 1 is 1.36 bits per heavy atom. The summed E-state index contributed by atoms with van der Waals surface area (Å²) in [5, 5.41) is 2.90. The van der Waals surface area contributed by atoms with Crippen LogP contribution in [0.15, 0.2) is 10.9 Å². The number of aromatic nitrogens is 1. The Balaban J connectivity index is 1.57. The van der Waals surface area contributed by atoms with Crippen molar-refractivity contribution >= 4 is 5.91 Å². The van der Waals surface area contributed by atoms with Crippen LogP contribution in [-0.4, -0.2) is 41.5 Å². The summed E-state index contributed by atoms with van der Waals surface area (Å²) in [4.78, 5) is 29.5. The van der Waals surface area contributed by atoms with Gasteiger partial charge in [-0.2, -0.15) is 0 Å². The van der Waals surface area contributed by atoms with Gasteiger partial charge in [0.25, 0.3) is 11.5 Å². The maximum Gasteiger partial charge on any atom is 0.261 e. The van der Waals surface area contributed by atoms with Crippen LogP contribution in [0.2, 0.25) is 0 Å². The predicted octanol–water partition coefficient (Wildman–Crippen LogP) is 1.47. The first-order chi connectivity index (χ1) is 10.6. The van der Waals surface area contributed by atoms with Gasteiger partial charge in [0.2, 0.25) is 0 Å². The number of carbonyl (C=O) groups is 1. The second-order valence-corrected chi connectivity index (χ2v) is 6.51. The van der Waals surface area contributed by atoms with Gasteiger partial charge in [-0.1, -0.05) is 6.42 Å². The molecule has 22 heavy (non-hydrogen) atoms. The molecule has 1 aliphatic carbocycles. The number of nitrogens with zero attached hydrogens (tertiary/aromatic N) is 1. The van der Waals surface area contributed by atoms with E-state index in [2.05, 4.69) is 22.1 Å². The van der Waals surface area contributed by atoms with E-state index in [0.717, 1.165) is 43.6 Å². The summed E-state index contributed by atoms with van der Waals surface area (Å²) in [6.45, 7) is 4.80. The molecule has 1 aliphatic heterocycles. The molecule has 3 rings (SSSR count). The van der Waals surface area contributed by atoms with E-state index >= 15 is 0 Å². The number of hydrogen-bond acceptors (Lipinski definition) is 3. The normalized spacial score (nSPS) is 21.6. The molecular formula is C17H25N3O2. The number of piperidine rings is 1. The predicted molar refractivity (Wildman–Crippen MR) is 86.3 cm³/mol. The van der Waals surface area contributed by atoms with Crippen LogP contribution in [0.4, 0.5) is 0 Å². The van der Waals surface area contributed by atoms with Crippen LogP contribution < -0.4 is 10.9 Å². The van der Waals surface area contributed by atoms with Crippen molar-refractivity contribution in [2.45, 2.75) is 51.5 Å². The summed E-state index contributed by atoms with van der Waals surface area (Å²) in [5.74, 6) is -0.249. The molecule has 1 aromatic heterocycles. The van der Waals surface area contributed by atoms with E-state index in [9.17, 15) is 9.59 Å². The van der Waals surface area contributed by atoms with E-state index < -0.39 is 0 Å². The van der Waals surface area contributed by atoms with Crippen molar-refractivity contribution in [3.8, 4) is 0 Å². The molecule has 2 N–H and O–H groups in total. The van der Waals surface area contributed by atoms with E-state index in [1.807, 2.05) is 0 Å². The molecule has 1 saturated heterocycles. The van der Waals surface area contributed by atoms with Gasteiger partial charge in [0.05, 0.1) is 0 Å². The third-order valence-corrected chi connectivity index (χ3v) is 4.96. The number of likely N-dealkylation sites (tertiary alicyclic amines) is 1. The fraction of sp³-hybridized carbons (Fsp3) is 0.647. The van der Waals surface area contributed by atoms with Crippen LogP contribution in [-0.2, 0) is 12.8 Å². The van der Waals surface area contributed by atoms with Crippen molar-refractivity contribution in [2.24, 2.45) is 0 Å². The summed E-state index contributed by atoms with van der Waals surface area (Å²) in [5.41, 5.74) is 2.12. The number of amides is 1. The largest absolute Gasteiger partial charge is 0.351 e. The highest BCUT2D eigenvalue weighted by Gasteiger charge is 2.20. The zero-order valence-corrected chi connectivity index (χ0v) is 13.3. The molecule has 0 spiro atoms. The summed E-state index contributed by atoms with van der Waals surface area (Å²) >= 11 is 0. The Kier molecular flexibility index (Phi) is 4.62. The molecule has 0 saturated carbocycles. The highest BCUT2D eigenvalue weighted by atomic mass is 16.2. The minimum absolute atomic E-state index is 0.249. The molecule has 5 heteroatoms. The van der Waals surface area contributed by atoms with Crippen molar-refractivity contribution in [3.63, 3.8) is 0 Å². The molecule has 1 amide bonds. The highest BCUT2D eigenvalue weighted by molar-refractivity contribution is 5.94. The number of rotatable bonds is 4. The molecule has 1 aromatic rings. The number of carbonyl (C=O) groups excluding carboxylic acids is 1. The second kappa shape index (κ2) is 6.65. The fourth-order valence-corrected chi connectivity index (χ4v) is 3.58. The standard InChI is InChI=1S/C17H25N3O2/c1-12-5-2-3-9-20(12)10-8-18-16(21)14-11-13-6-4-7-15(13)19-17(14)22/h11-12H,2-10H2,1H3,(H,18,21)(H,19,22). The van der Waals surface area contributed by atoms with Crippen molar-refractivity contribution in [3.05, 3.63) is 33.2 Å². The lowest BCUT2D eigenvalue weighted by Gasteiger charge is -2.33. The van der Waals surface area contributed by atoms with Gasteiger partial charge in [-0.15, -0.1) is 0 Å². The number of H-pyrrole nitrogens is 1. The zero-order chi connectivity index (χ0) is 15.5. The minimum atomic E-state index is -0.260. The first kappa shape index (κ1) is 15.3. The van der Waals surface area contributed by atoms with Crippen molar-refractivity contribution in [2.75, 3.05) is 19.6 Å². The fourth-order valence-electron chi connectivity index (χ4n) is 3.58. The first-order valence-electron chi connectivity index (χ1n) is 8.42. The van der Waals surface area contributed by atoms with E-state index in [1.54, 1.807) is 6.07 Å². The highest BCUT2D eigenvalue weighted by Crippen LogP contribution is 2.19. The summed E-state index contributed by atoms with van der Waals surface area (Å²) in [7, 11) is 0. The number of nitrogens with one attached hydrogen (secondary N) is 2. The average Bonchev–Trinajstić information content (AvgIpc) is 2.95. The minimum Gasteiger partial charge on any atom is -0.351 e. The van der Waals surface area contributed by atoms with Crippen LogP contribution in [0.25, 0.3) is 0 Å². The van der Waals surface area contributed by atoms with Gasteiger partial charge in [0.1, 0.15) is 5.56 Å². The quantitative estimate of drug-likeness (QED) is 0.885. The number of pyridine rings is 1. The number of aromatic amines is 1. The summed E-state index contributed by atoms with van der Waals surface area (Å²) in [6, 6.07) is 2.37. The van der Waals surface area contributed by atoms with Crippen LogP contribution in [0.5, 0.6) is 0 Å². The van der Waals surface area contributed by atoms with Crippen molar-refractivity contribution < 1.29 is 4.79 Å². The van der Waals surface area contributed by atoms with Crippen LogP contribution in [0, 0.1) is 0 Å². The molecule has 2 heterocycles. The third-order valence-electron chi connectivity index (χ3n) is 4.96. The van der Waals surface area contributed by atoms with Gasteiger partial charge in [-0.3, -0.25) is 14.5 Å². The average molecular weight is 303 g/mol. The number of hydrogen-bond donors (Lipinski definition) is 2. The van der Waals surface area contributed by atoms with Gasteiger partial charge < -0.3 is 10.3 Å². The lowest BCUT2D eigenvalue weighted by atomic mass is 10.0. The number of fused-ring (bicyclic) bond motifs is 1. The Morgan fingerprint density at radius 2 is 2.23 bits per heavy atom. The van der Waals surface area contributed by atoms with Gasteiger partial charge in [-0.25, -0.2) is 0 Å². The molecule has 0 aromatic carbocycles. The van der Waals surface area contributed by atoms with E-state index in [4.69, 9.17) is 0 Å². The van der Waals surface area contributed by atoms with Gasteiger partial charge in [0.15, 0.2) is 0 Å². The Morgan fingerprint density at radius 3 is 3.05 bits per heavy atom. The van der Waals surface area contributed by atoms with Gasteiger partial charge >= 0.3 is 0 Å².